The molecule has 53 heavy (non-hydrogen) atoms. The molecule has 0 saturated carbocycles. The minimum absolute atomic E-state index is 0.0594. The van der Waals surface area contributed by atoms with Gasteiger partial charge in [-0.25, -0.2) is 9.10 Å². The average molecular weight is 776 g/mol. The van der Waals surface area contributed by atoms with E-state index < -0.39 is 22.1 Å². The fraction of sp³-hybridized carbons (Fsp3) is 0.432. The summed E-state index contributed by atoms with van der Waals surface area (Å²) >= 11 is 4.21. The summed E-state index contributed by atoms with van der Waals surface area (Å²) in [4.78, 5) is 37.5. The predicted molar refractivity (Wildman–Crippen MR) is 203 cm³/mol. The topological polar surface area (TPSA) is 168 Å². The lowest BCUT2D eigenvalue weighted by atomic mass is 9.87. The van der Waals surface area contributed by atoms with Gasteiger partial charge in [0.15, 0.2) is 0 Å². The molecule has 0 spiro atoms. The number of amides is 4. The van der Waals surface area contributed by atoms with Crippen LogP contribution in [0.2, 0.25) is 0 Å². The van der Waals surface area contributed by atoms with Gasteiger partial charge in [-0.3, -0.25) is 19.1 Å². The van der Waals surface area contributed by atoms with Crippen molar-refractivity contribution >= 4 is 52.2 Å². The second kappa shape index (κ2) is 22.4. The van der Waals surface area contributed by atoms with Crippen molar-refractivity contribution in [3.8, 4) is 0 Å². The van der Waals surface area contributed by atoms with Gasteiger partial charge >= 0.3 is 6.03 Å². The normalized spacial score (nSPS) is 11.6. The summed E-state index contributed by atoms with van der Waals surface area (Å²) < 4.78 is 57.1. The van der Waals surface area contributed by atoms with Crippen molar-refractivity contribution in [2.45, 2.75) is 38.0 Å². The number of hydrogen-bond acceptors (Lipinski definition) is 12. The number of rotatable bonds is 22. The Morgan fingerprint density at radius 3 is 1.68 bits per heavy atom. The molecule has 0 saturated heterocycles. The molecular formula is C37H49N3O11S2. The van der Waals surface area contributed by atoms with Gasteiger partial charge in [0.25, 0.3) is 16.0 Å². The standard InChI is InChI=1S/C37H49N3O11S2/c1-28-5-15-33(16-6-28)53(44,45)51-26-25-49-22-21-47-18-17-46-19-20-48-23-24-50-27-34(41)38-31-11-13-32(14-12-31)40(52)36(43)39-35(42)29-7-9-30(10-8-29)37(2,3)4/h5-16,52H,17-27H2,1-4H3,(H,38,41)(H,39,42,43). The second-order valence-corrected chi connectivity index (χ2v) is 14.6. The monoisotopic (exact) mass is 775 g/mol. The molecule has 16 heteroatoms. The third kappa shape index (κ3) is 16.4. The minimum atomic E-state index is -3.81. The van der Waals surface area contributed by atoms with Crippen LogP contribution in [0.4, 0.5) is 16.2 Å². The van der Waals surface area contributed by atoms with Gasteiger partial charge in [-0.15, -0.1) is 0 Å². The first-order chi connectivity index (χ1) is 25.3. The molecule has 0 aliphatic carbocycles. The number of carbonyl (C=O) groups excluding carboxylic acids is 3. The van der Waals surface area contributed by atoms with Crippen LogP contribution < -0.4 is 14.9 Å². The summed E-state index contributed by atoms with van der Waals surface area (Å²) in [5.74, 6) is -0.912. The van der Waals surface area contributed by atoms with Crippen molar-refractivity contribution in [1.29, 1.82) is 0 Å². The molecule has 0 atom stereocenters. The first-order valence-corrected chi connectivity index (χ1v) is 18.8. The minimum Gasteiger partial charge on any atom is -0.377 e. The Morgan fingerprint density at radius 2 is 1.17 bits per heavy atom. The fourth-order valence-corrected chi connectivity index (χ4v) is 5.44. The fourth-order valence-electron chi connectivity index (χ4n) is 4.36. The quantitative estimate of drug-likeness (QED) is 0.0720. The molecule has 0 bridgehead atoms. The van der Waals surface area contributed by atoms with Crippen molar-refractivity contribution in [2.24, 2.45) is 0 Å². The van der Waals surface area contributed by atoms with Crippen LogP contribution in [0, 0.1) is 6.92 Å². The predicted octanol–water partition coefficient (Wildman–Crippen LogP) is 4.92. The Kier molecular flexibility index (Phi) is 18.4. The van der Waals surface area contributed by atoms with Crippen molar-refractivity contribution in [3.05, 3.63) is 89.5 Å². The van der Waals surface area contributed by atoms with Gasteiger partial charge in [0, 0.05) is 11.3 Å². The zero-order valence-electron chi connectivity index (χ0n) is 30.5. The maximum atomic E-state index is 12.6. The van der Waals surface area contributed by atoms with E-state index in [0.717, 1.165) is 15.4 Å². The molecule has 0 aromatic heterocycles. The van der Waals surface area contributed by atoms with Crippen LogP contribution in [-0.4, -0.2) is 98.9 Å². The highest BCUT2D eigenvalue weighted by molar-refractivity contribution is 7.86. The lowest BCUT2D eigenvalue weighted by molar-refractivity contribution is -0.121. The van der Waals surface area contributed by atoms with Crippen molar-refractivity contribution < 1.29 is 50.7 Å². The molecular weight excluding hydrogens is 727 g/mol. The molecule has 3 rings (SSSR count). The summed E-state index contributed by atoms with van der Waals surface area (Å²) in [5, 5.41) is 5.01. The van der Waals surface area contributed by atoms with Crippen molar-refractivity contribution in [2.75, 3.05) is 82.3 Å². The molecule has 0 aliphatic heterocycles. The van der Waals surface area contributed by atoms with Gasteiger partial charge < -0.3 is 29.0 Å². The number of hydrogen-bond donors (Lipinski definition) is 3. The Bertz CT molecular complexity index is 1680. The van der Waals surface area contributed by atoms with Crippen molar-refractivity contribution in [3.63, 3.8) is 0 Å². The zero-order chi connectivity index (χ0) is 38.7. The Labute approximate surface area is 317 Å². The van der Waals surface area contributed by atoms with E-state index in [0.29, 0.717) is 50.0 Å². The zero-order valence-corrected chi connectivity index (χ0v) is 32.2. The van der Waals surface area contributed by atoms with Crippen LogP contribution in [-0.2, 0) is 48.2 Å². The number of ether oxygens (including phenoxy) is 5. The van der Waals surface area contributed by atoms with Crippen LogP contribution >= 0.6 is 12.8 Å². The highest BCUT2D eigenvalue weighted by Gasteiger charge is 2.19. The number of anilines is 2. The van der Waals surface area contributed by atoms with E-state index in [1.165, 1.54) is 12.1 Å². The largest absolute Gasteiger partial charge is 0.377 e. The SMILES string of the molecule is Cc1ccc(S(=O)(=O)OCCOCCOCCOCCOCCOCC(=O)Nc2ccc(N(S)C(=O)NC(=O)c3ccc(C(C)(C)C)cc3)cc2)cc1. The van der Waals surface area contributed by atoms with E-state index in [4.69, 9.17) is 27.9 Å². The number of nitrogens with zero attached hydrogens (tertiary/aromatic N) is 1. The van der Waals surface area contributed by atoms with Gasteiger partial charge in [-0.1, -0.05) is 63.4 Å². The molecule has 14 nitrogen and oxygen atoms in total. The van der Waals surface area contributed by atoms with Gasteiger partial charge in [0.2, 0.25) is 5.91 Å². The summed E-state index contributed by atoms with van der Waals surface area (Å²) in [6.07, 6.45) is 0. The number of benzene rings is 3. The van der Waals surface area contributed by atoms with Crippen LogP contribution in [0.5, 0.6) is 0 Å². The number of carbonyl (C=O) groups is 3. The number of urea groups is 1. The van der Waals surface area contributed by atoms with Gasteiger partial charge in [0.05, 0.1) is 76.7 Å². The molecule has 290 valence electrons. The molecule has 0 radical (unpaired) electrons. The number of nitrogens with one attached hydrogen (secondary N) is 2. The first kappa shape index (κ1) is 43.5. The first-order valence-electron chi connectivity index (χ1n) is 17.0. The summed E-state index contributed by atoms with van der Waals surface area (Å²) in [6, 6.07) is 19.1. The highest BCUT2D eigenvalue weighted by Crippen LogP contribution is 2.23. The van der Waals surface area contributed by atoms with E-state index in [-0.39, 0.29) is 55.9 Å². The van der Waals surface area contributed by atoms with Crippen LogP contribution in [0.15, 0.2) is 77.7 Å². The summed E-state index contributed by atoms with van der Waals surface area (Å²) in [7, 11) is -3.81. The van der Waals surface area contributed by atoms with Gasteiger partial charge in [-0.05, 0) is 66.4 Å². The lowest BCUT2D eigenvalue weighted by Crippen LogP contribution is -2.38. The Hall–Kier alpha value is -3.87. The maximum absolute atomic E-state index is 12.6. The molecule has 0 unspecified atom stereocenters. The van der Waals surface area contributed by atoms with E-state index >= 15 is 0 Å². The van der Waals surface area contributed by atoms with Crippen molar-refractivity contribution in [1.82, 2.24) is 5.32 Å². The van der Waals surface area contributed by atoms with Crippen LogP contribution in [0.25, 0.3) is 0 Å². The Morgan fingerprint density at radius 1 is 0.679 bits per heavy atom. The van der Waals surface area contributed by atoms with E-state index in [2.05, 4.69) is 44.2 Å². The highest BCUT2D eigenvalue weighted by atomic mass is 32.2. The number of aryl methyl sites for hydroxylation is 1. The maximum Gasteiger partial charge on any atom is 0.338 e. The van der Waals surface area contributed by atoms with Crippen LogP contribution in [0.1, 0.15) is 42.3 Å². The van der Waals surface area contributed by atoms with E-state index in [9.17, 15) is 22.8 Å². The molecule has 3 aromatic carbocycles. The van der Waals surface area contributed by atoms with Crippen LogP contribution in [0.3, 0.4) is 0 Å². The molecule has 3 aromatic rings. The molecule has 0 heterocycles. The third-order valence-electron chi connectivity index (χ3n) is 7.32. The van der Waals surface area contributed by atoms with Gasteiger partial charge in [-0.2, -0.15) is 8.42 Å². The molecule has 2 N–H and O–H groups in total. The molecule has 0 fully saturated rings. The van der Waals surface area contributed by atoms with Gasteiger partial charge in [0.1, 0.15) is 6.61 Å². The second-order valence-electron chi connectivity index (χ2n) is 12.6. The summed E-state index contributed by atoms with van der Waals surface area (Å²) in [6.45, 7) is 10.5. The van der Waals surface area contributed by atoms with E-state index in [1.807, 2.05) is 19.1 Å². The molecule has 0 aliphatic rings. The number of thiol groups is 1. The van der Waals surface area contributed by atoms with E-state index in [1.54, 1.807) is 48.5 Å². The average Bonchev–Trinajstić information content (AvgIpc) is 3.12. The molecule has 4 amide bonds. The lowest BCUT2D eigenvalue weighted by Gasteiger charge is -2.19. The third-order valence-corrected chi connectivity index (χ3v) is 9.06. The number of imide groups is 1. The Balaban J connectivity index is 1.14. The smallest absolute Gasteiger partial charge is 0.338 e. The summed E-state index contributed by atoms with van der Waals surface area (Å²) in [5.41, 5.74) is 3.20.